The number of aryl methyl sites for hydroxylation is 1. The fourth-order valence-electron chi connectivity index (χ4n) is 6.67. The van der Waals surface area contributed by atoms with Crippen molar-refractivity contribution in [2.24, 2.45) is 9.98 Å². The van der Waals surface area contributed by atoms with E-state index in [2.05, 4.69) is 14.7 Å². The lowest BCUT2D eigenvalue weighted by Gasteiger charge is -2.44. The van der Waals surface area contributed by atoms with Crippen LogP contribution in [0.15, 0.2) is 113 Å². The summed E-state index contributed by atoms with van der Waals surface area (Å²) in [5.41, 5.74) is 5.51. The van der Waals surface area contributed by atoms with Gasteiger partial charge in [-0.2, -0.15) is 5.10 Å². The molecule has 0 saturated carbocycles. The Balaban J connectivity index is 1.30. The molecule has 1 aromatic heterocycles. The summed E-state index contributed by atoms with van der Waals surface area (Å²) in [6.07, 6.45) is 0. The van der Waals surface area contributed by atoms with Crippen LogP contribution in [0.2, 0.25) is 0 Å². The van der Waals surface area contributed by atoms with Gasteiger partial charge in [0.05, 0.1) is 39.3 Å². The third kappa shape index (κ3) is 4.50. The maximum Gasteiger partial charge on any atom is 0.275 e. The molecule has 1 unspecified atom stereocenters. The van der Waals surface area contributed by atoms with E-state index in [4.69, 9.17) is 15.1 Å². The van der Waals surface area contributed by atoms with E-state index in [0.29, 0.717) is 49.2 Å². The Bertz CT molecular complexity index is 2030. The van der Waals surface area contributed by atoms with Crippen molar-refractivity contribution in [1.82, 2.24) is 14.7 Å². The number of piperazine rings is 1. The van der Waals surface area contributed by atoms with Crippen molar-refractivity contribution in [2.75, 3.05) is 36.0 Å². The van der Waals surface area contributed by atoms with Gasteiger partial charge in [0.2, 0.25) is 0 Å². The number of nitrogens with zero attached hydrogens (tertiary/aromatic N) is 8. The van der Waals surface area contributed by atoms with E-state index in [1.54, 1.807) is 24.3 Å². The molecule has 0 amide bonds. The second-order valence-corrected chi connectivity index (χ2v) is 11.5. The molecule has 11 heteroatoms. The number of rotatable bonds is 4. The van der Waals surface area contributed by atoms with Crippen LogP contribution in [0.1, 0.15) is 22.9 Å². The maximum absolute atomic E-state index is 13.6. The molecular weight excluding hydrogens is 583 g/mol. The molecule has 46 heavy (non-hydrogen) atoms. The van der Waals surface area contributed by atoms with Crippen LogP contribution in [-0.2, 0) is 0 Å². The smallest absolute Gasteiger partial charge is 0.275 e. The number of amidine groups is 2. The van der Waals surface area contributed by atoms with Crippen LogP contribution in [0.5, 0.6) is 0 Å². The largest absolute Gasteiger partial charge is 0.368 e. The van der Waals surface area contributed by atoms with Crippen LogP contribution in [0, 0.1) is 22.9 Å². The minimum Gasteiger partial charge on any atom is -0.368 e. The fraction of sp³-hybridized carbons (Fsp3) is 0.171. The molecule has 0 aliphatic carbocycles. The molecule has 228 valence electrons. The Kier molecular flexibility index (Phi) is 6.59. The van der Waals surface area contributed by atoms with Crippen molar-refractivity contribution >= 4 is 40.2 Å². The van der Waals surface area contributed by atoms with E-state index in [1.165, 1.54) is 12.1 Å². The van der Waals surface area contributed by atoms with E-state index in [1.807, 2.05) is 78.3 Å². The van der Waals surface area contributed by atoms with Gasteiger partial charge < -0.3 is 14.7 Å². The summed E-state index contributed by atoms with van der Waals surface area (Å²) < 4.78 is 15.4. The number of hydrogen-bond acceptors (Lipinski definition) is 8. The highest BCUT2D eigenvalue weighted by Crippen LogP contribution is 2.50. The molecule has 0 N–H and O–H groups in total. The van der Waals surface area contributed by atoms with Crippen molar-refractivity contribution in [3.8, 4) is 5.69 Å². The zero-order valence-corrected chi connectivity index (χ0v) is 25.0. The summed E-state index contributed by atoms with van der Waals surface area (Å²) >= 11 is 0. The molecule has 3 aliphatic rings. The van der Waals surface area contributed by atoms with Gasteiger partial charge in [-0.25, -0.2) is 19.1 Å². The van der Waals surface area contributed by atoms with Crippen LogP contribution in [0.4, 0.5) is 33.0 Å². The molecule has 1 saturated heterocycles. The van der Waals surface area contributed by atoms with Crippen molar-refractivity contribution in [1.29, 1.82) is 0 Å². The number of nitro groups is 1. The summed E-state index contributed by atoms with van der Waals surface area (Å²) in [5, 5.41) is 17.4. The van der Waals surface area contributed by atoms with E-state index >= 15 is 0 Å². The molecule has 10 nitrogen and oxygen atoms in total. The van der Waals surface area contributed by atoms with Gasteiger partial charge >= 0.3 is 0 Å². The Hall–Kier alpha value is -5.84. The molecule has 4 aromatic carbocycles. The molecule has 5 aromatic rings. The molecule has 8 rings (SSSR count). The summed E-state index contributed by atoms with van der Waals surface area (Å²) in [7, 11) is 0. The number of anilines is 2. The second-order valence-electron chi connectivity index (χ2n) is 11.5. The van der Waals surface area contributed by atoms with Gasteiger partial charge in [0.25, 0.3) is 5.69 Å². The highest BCUT2D eigenvalue weighted by Gasteiger charge is 2.44. The molecule has 0 radical (unpaired) electrons. The standard InChI is InChI=1S/C35H29FN8O2/c1-23-31-32(27-11-5-7-13-29(27)44(45)46)42-30-14-8-6-12-28(30)37-34(35(42)38-33(31)43(39-23)26-9-3-2-4-10-26)41-21-19-40(20-22-41)25-17-15-24(36)16-18-25/h2-18,32H,19-22H2,1H3. The van der Waals surface area contributed by atoms with Crippen LogP contribution in [0.3, 0.4) is 0 Å². The minimum absolute atomic E-state index is 0.0287. The predicted molar refractivity (Wildman–Crippen MR) is 177 cm³/mol. The normalized spacial score (nSPS) is 17.1. The number of aliphatic imine (C=N–C) groups is 2. The number of nitro benzene ring substituents is 1. The zero-order chi connectivity index (χ0) is 31.4. The van der Waals surface area contributed by atoms with Crippen molar-refractivity contribution in [3.05, 3.63) is 136 Å². The van der Waals surface area contributed by atoms with Crippen molar-refractivity contribution in [3.63, 3.8) is 0 Å². The summed E-state index contributed by atoms with van der Waals surface area (Å²) in [4.78, 5) is 29.1. The fourth-order valence-corrected chi connectivity index (χ4v) is 6.67. The number of hydrogen-bond donors (Lipinski definition) is 0. The summed E-state index contributed by atoms with van der Waals surface area (Å²) in [6.45, 7) is 4.66. The van der Waals surface area contributed by atoms with Gasteiger partial charge in [-0.1, -0.05) is 42.5 Å². The highest BCUT2D eigenvalue weighted by atomic mass is 19.1. The van der Waals surface area contributed by atoms with Gasteiger partial charge in [0.15, 0.2) is 17.5 Å². The Morgan fingerprint density at radius 1 is 0.761 bits per heavy atom. The lowest BCUT2D eigenvalue weighted by molar-refractivity contribution is -0.385. The van der Waals surface area contributed by atoms with E-state index in [-0.39, 0.29) is 16.4 Å². The average molecular weight is 613 g/mol. The maximum atomic E-state index is 13.6. The molecule has 1 atom stereocenters. The number of para-hydroxylation sites is 4. The Morgan fingerprint density at radius 2 is 1.43 bits per heavy atom. The quantitative estimate of drug-likeness (QED) is 0.165. The third-order valence-electron chi connectivity index (χ3n) is 8.82. The van der Waals surface area contributed by atoms with Gasteiger partial charge in [-0.15, -0.1) is 0 Å². The van der Waals surface area contributed by atoms with Gasteiger partial charge in [-0.05, 0) is 61.5 Å². The lowest BCUT2D eigenvalue weighted by atomic mass is 9.92. The van der Waals surface area contributed by atoms with Crippen LogP contribution in [0.25, 0.3) is 5.69 Å². The molecule has 0 bridgehead atoms. The summed E-state index contributed by atoms with van der Waals surface area (Å²) in [6, 6.07) is 30.5. The molecular formula is C35H29FN8O2. The lowest BCUT2D eigenvalue weighted by Crippen LogP contribution is -2.55. The first-order valence-electron chi connectivity index (χ1n) is 15.2. The number of aromatic nitrogens is 2. The average Bonchev–Trinajstić information content (AvgIpc) is 3.43. The Morgan fingerprint density at radius 3 is 2.20 bits per heavy atom. The monoisotopic (exact) mass is 612 g/mol. The third-order valence-corrected chi connectivity index (χ3v) is 8.82. The summed E-state index contributed by atoms with van der Waals surface area (Å²) in [5.74, 6) is 1.67. The number of halogens is 1. The highest BCUT2D eigenvalue weighted by molar-refractivity contribution is 6.48. The first kappa shape index (κ1) is 27.7. The van der Waals surface area contributed by atoms with E-state index in [9.17, 15) is 14.5 Å². The molecule has 0 spiro atoms. The van der Waals surface area contributed by atoms with E-state index < -0.39 is 6.04 Å². The van der Waals surface area contributed by atoms with Gasteiger partial charge in [0.1, 0.15) is 5.82 Å². The second kappa shape index (κ2) is 11.0. The predicted octanol–water partition coefficient (Wildman–Crippen LogP) is 6.73. The van der Waals surface area contributed by atoms with Crippen molar-refractivity contribution in [2.45, 2.75) is 13.0 Å². The van der Waals surface area contributed by atoms with Crippen LogP contribution < -0.4 is 9.80 Å². The van der Waals surface area contributed by atoms with Gasteiger partial charge in [-0.3, -0.25) is 10.1 Å². The SMILES string of the molecule is Cc1nn(-c2ccccc2)c2c1C(c1ccccc1[N+](=O)[O-])N1C(=N2)C(N2CCN(c3ccc(F)cc3)CC2)=Nc2ccccc21. The molecule has 1 fully saturated rings. The number of benzene rings is 4. The number of fused-ring (bicyclic) bond motifs is 4. The van der Waals surface area contributed by atoms with Crippen LogP contribution >= 0.6 is 0 Å². The zero-order valence-electron chi connectivity index (χ0n) is 25.0. The Labute approximate surface area is 264 Å². The molecule has 4 heterocycles. The molecule has 3 aliphatic heterocycles. The van der Waals surface area contributed by atoms with Crippen LogP contribution in [-0.4, -0.2) is 57.5 Å². The first-order chi connectivity index (χ1) is 22.5. The van der Waals surface area contributed by atoms with Gasteiger partial charge in [0, 0.05) is 43.5 Å². The van der Waals surface area contributed by atoms with E-state index in [0.717, 1.165) is 34.0 Å². The topological polar surface area (TPSA) is 95.4 Å². The van der Waals surface area contributed by atoms with Crippen molar-refractivity contribution < 1.29 is 9.31 Å². The first-order valence-corrected chi connectivity index (χ1v) is 15.2. The minimum atomic E-state index is -0.589.